The van der Waals surface area contributed by atoms with Gasteiger partial charge >= 0.3 is 0 Å². The maximum Gasteiger partial charge on any atom is 0.246 e. The number of nitrogens with zero attached hydrogens (tertiary/aromatic N) is 1. The number of phenolic OH excluding ortho intramolecular Hbond substituents is 1. The number of hydrogen-bond donors (Lipinski definition) is 2. The molecule has 0 aromatic heterocycles. The summed E-state index contributed by atoms with van der Waals surface area (Å²) in [5, 5.41) is 9.99. The Labute approximate surface area is 171 Å². The van der Waals surface area contributed by atoms with E-state index < -0.39 is 0 Å². The Morgan fingerprint density at radius 3 is 2.41 bits per heavy atom. The Balaban J connectivity index is 1.62. The lowest BCUT2D eigenvalue weighted by Crippen LogP contribution is -2.36. The summed E-state index contributed by atoms with van der Waals surface area (Å²) in [6, 6.07) is 11.7. The molecule has 0 spiro atoms. The van der Waals surface area contributed by atoms with Crippen molar-refractivity contribution in [1.29, 1.82) is 0 Å². The number of carbonyl (C=O) groups excluding carboxylic acids is 1. The molecule has 0 saturated carbocycles. The summed E-state index contributed by atoms with van der Waals surface area (Å²) in [7, 11) is 2.95. The zero-order valence-corrected chi connectivity index (χ0v) is 16.9. The van der Waals surface area contributed by atoms with Gasteiger partial charge in [-0.05, 0) is 53.7 Å². The van der Waals surface area contributed by atoms with Crippen LogP contribution < -0.4 is 15.2 Å². The Kier molecular flexibility index (Phi) is 6.77. The summed E-state index contributed by atoms with van der Waals surface area (Å²) in [5.41, 5.74) is 8.91. The Morgan fingerprint density at radius 2 is 1.83 bits per heavy atom. The average molecular weight is 396 g/mol. The van der Waals surface area contributed by atoms with Crippen LogP contribution in [0.15, 0.2) is 42.5 Å². The molecule has 0 bridgehead atoms. The van der Waals surface area contributed by atoms with E-state index in [0.717, 1.165) is 37.1 Å². The van der Waals surface area contributed by atoms with E-state index in [0.29, 0.717) is 24.0 Å². The van der Waals surface area contributed by atoms with Gasteiger partial charge in [-0.25, -0.2) is 0 Å². The van der Waals surface area contributed by atoms with Crippen molar-refractivity contribution in [1.82, 2.24) is 4.90 Å². The van der Waals surface area contributed by atoms with E-state index in [-0.39, 0.29) is 11.7 Å². The molecule has 0 radical (unpaired) electrons. The fourth-order valence-corrected chi connectivity index (χ4v) is 3.69. The zero-order chi connectivity index (χ0) is 20.8. The fourth-order valence-electron chi connectivity index (χ4n) is 3.69. The number of carbonyl (C=O) groups is 1. The summed E-state index contributed by atoms with van der Waals surface area (Å²) in [6.45, 7) is 1.99. The maximum atomic E-state index is 12.6. The van der Waals surface area contributed by atoms with Crippen LogP contribution in [0.25, 0.3) is 6.08 Å². The Morgan fingerprint density at radius 1 is 1.17 bits per heavy atom. The Hall–Kier alpha value is -2.99. The topological polar surface area (TPSA) is 85.0 Å². The third kappa shape index (κ3) is 4.90. The predicted molar refractivity (Wildman–Crippen MR) is 113 cm³/mol. The predicted octanol–water partition coefficient (Wildman–Crippen LogP) is 3.29. The van der Waals surface area contributed by atoms with Gasteiger partial charge in [-0.2, -0.15) is 0 Å². The van der Waals surface area contributed by atoms with Crippen molar-refractivity contribution in [3.63, 3.8) is 0 Å². The first-order chi connectivity index (χ1) is 14.0. The second-order valence-electron chi connectivity index (χ2n) is 7.16. The second-order valence-corrected chi connectivity index (χ2v) is 7.16. The third-order valence-electron chi connectivity index (χ3n) is 5.39. The molecule has 2 aromatic rings. The number of nitrogens with two attached hydrogens (primary N) is 1. The van der Waals surface area contributed by atoms with Gasteiger partial charge in [0.25, 0.3) is 0 Å². The van der Waals surface area contributed by atoms with Gasteiger partial charge in [-0.3, -0.25) is 4.79 Å². The Bertz CT molecular complexity index is 861. The van der Waals surface area contributed by atoms with Gasteiger partial charge in [-0.1, -0.05) is 24.3 Å². The number of hydrogen-bond acceptors (Lipinski definition) is 5. The highest BCUT2D eigenvalue weighted by atomic mass is 16.5. The summed E-state index contributed by atoms with van der Waals surface area (Å²) in [4.78, 5) is 14.5. The summed E-state index contributed by atoms with van der Waals surface area (Å²) in [5.74, 6) is 0.985. The van der Waals surface area contributed by atoms with Gasteiger partial charge in [0.05, 0.1) is 14.2 Å². The van der Waals surface area contributed by atoms with Crippen LogP contribution in [-0.2, 0) is 11.3 Å². The average Bonchev–Trinajstić information content (AvgIpc) is 2.78. The first-order valence-electron chi connectivity index (χ1n) is 9.76. The van der Waals surface area contributed by atoms with Gasteiger partial charge in [0, 0.05) is 25.7 Å². The molecule has 0 atom stereocenters. The second kappa shape index (κ2) is 9.47. The van der Waals surface area contributed by atoms with Crippen LogP contribution in [0.2, 0.25) is 0 Å². The molecule has 3 rings (SSSR count). The summed E-state index contributed by atoms with van der Waals surface area (Å²) < 4.78 is 10.3. The minimum atomic E-state index is -0.0562. The van der Waals surface area contributed by atoms with Gasteiger partial charge in [0.15, 0.2) is 11.5 Å². The highest BCUT2D eigenvalue weighted by Gasteiger charge is 2.23. The number of amides is 1. The van der Waals surface area contributed by atoms with E-state index in [2.05, 4.69) is 18.2 Å². The zero-order valence-electron chi connectivity index (χ0n) is 16.9. The molecule has 1 saturated heterocycles. The lowest BCUT2D eigenvalue weighted by Gasteiger charge is -2.31. The number of likely N-dealkylation sites (tertiary alicyclic amines) is 1. The molecule has 3 N–H and O–H groups in total. The van der Waals surface area contributed by atoms with Crippen LogP contribution in [0, 0.1) is 0 Å². The van der Waals surface area contributed by atoms with Crippen LogP contribution in [0.5, 0.6) is 17.2 Å². The summed E-state index contributed by atoms with van der Waals surface area (Å²) >= 11 is 0. The fraction of sp³-hybridized carbons (Fsp3) is 0.348. The van der Waals surface area contributed by atoms with Gasteiger partial charge in [0.1, 0.15) is 0 Å². The van der Waals surface area contributed by atoms with Crippen molar-refractivity contribution < 1.29 is 19.4 Å². The lowest BCUT2D eigenvalue weighted by molar-refractivity contribution is -0.126. The maximum absolute atomic E-state index is 12.6. The summed E-state index contributed by atoms with van der Waals surface area (Å²) in [6.07, 6.45) is 5.15. The number of aromatic hydroxyl groups is 1. The van der Waals surface area contributed by atoms with Crippen LogP contribution >= 0.6 is 0 Å². The molecule has 1 aliphatic rings. The molecule has 0 unspecified atom stereocenters. The molecule has 2 aromatic carbocycles. The minimum absolute atomic E-state index is 0.0230. The molecule has 0 aliphatic carbocycles. The molecule has 6 nitrogen and oxygen atoms in total. The van der Waals surface area contributed by atoms with Gasteiger partial charge in [-0.15, -0.1) is 0 Å². The molecule has 1 aliphatic heterocycles. The standard InChI is InChI=1S/C23H28N2O4/c1-28-20-13-16(14-21(29-2)23(20)27)6-7-22(26)25-10-8-18(9-11-25)19-5-3-4-17(12-19)15-24/h3-7,12-14,18,27H,8-11,15,24H2,1-2H3. The lowest BCUT2D eigenvalue weighted by atomic mass is 9.88. The van der Waals surface area contributed by atoms with E-state index >= 15 is 0 Å². The van der Waals surface area contributed by atoms with E-state index in [1.165, 1.54) is 19.8 Å². The first-order valence-corrected chi connectivity index (χ1v) is 9.76. The van der Waals surface area contributed by atoms with E-state index in [4.69, 9.17) is 15.2 Å². The van der Waals surface area contributed by atoms with Crippen molar-refractivity contribution in [3.8, 4) is 17.2 Å². The van der Waals surface area contributed by atoms with E-state index in [9.17, 15) is 9.90 Å². The number of phenols is 1. The normalized spacial score (nSPS) is 14.9. The van der Waals surface area contributed by atoms with Crippen molar-refractivity contribution in [2.75, 3.05) is 27.3 Å². The van der Waals surface area contributed by atoms with Crippen molar-refractivity contribution in [2.24, 2.45) is 5.73 Å². The van der Waals surface area contributed by atoms with Crippen LogP contribution in [0.4, 0.5) is 0 Å². The number of benzene rings is 2. The highest BCUT2D eigenvalue weighted by Crippen LogP contribution is 2.37. The molecular formula is C23H28N2O4. The molecule has 1 amide bonds. The van der Waals surface area contributed by atoms with Gasteiger partial charge < -0.3 is 25.2 Å². The number of rotatable bonds is 6. The number of methoxy groups -OCH3 is 2. The van der Waals surface area contributed by atoms with E-state index in [1.807, 2.05) is 11.0 Å². The van der Waals surface area contributed by atoms with E-state index in [1.54, 1.807) is 24.3 Å². The molecular weight excluding hydrogens is 368 g/mol. The van der Waals surface area contributed by atoms with Crippen LogP contribution in [0.1, 0.15) is 35.4 Å². The first kappa shape index (κ1) is 20.7. The van der Waals surface area contributed by atoms with Gasteiger partial charge in [0.2, 0.25) is 11.7 Å². The van der Waals surface area contributed by atoms with Crippen LogP contribution in [0.3, 0.4) is 0 Å². The SMILES string of the molecule is COc1cc(C=CC(=O)N2CCC(c3cccc(CN)c3)CC2)cc(OC)c1O. The third-order valence-corrected chi connectivity index (χ3v) is 5.39. The van der Waals surface area contributed by atoms with Crippen molar-refractivity contribution in [2.45, 2.75) is 25.3 Å². The van der Waals surface area contributed by atoms with Crippen molar-refractivity contribution >= 4 is 12.0 Å². The number of ether oxygens (including phenoxy) is 2. The highest BCUT2D eigenvalue weighted by molar-refractivity contribution is 5.92. The quantitative estimate of drug-likeness (QED) is 0.732. The largest absolute Gasteiger partial charge is 0.502 e. The molecule has 1 fully saturated rings. The smallest absolute Gasteiger partial charge is 0.246 e. The molecule has 1 heterocycles. The number of piperidine rings is 1. The monoisotopic (exact) mass is 396 g/mol. The molecule has 154 valence electrons. The minimum Gasteiger partial charge on any atom is -0.502 e. The molecule has 29 heavy (non-hydrogen) atoms. The molecule has 6 heteroatoms. The van der Waals surface area contributed by atoms with Crippen LogP contribution in [-0.4, -0.2) is 43.2 Å². The van der Waals surface area contributed by atoms with Crippen molar-refractivity contribution in [3.05, 3.63) is 59.2 Å².